The van der Waals surface area contributed by atoms with Crippen molar-refractivity contribution in [3.63, 3.8) is 0 Å². The molecule has 0 atom stereocenters. The lowest BCUT2D eigenvalue weighted by molar-refractivity contribution is 0.297. The van der Waals surface area contributed by atoms with Crippen molar-refractivity contribution in [2.45, 2.75) is 33.0 Å². The highest BCUT2D eigenvalue weighted by molar-refractivity contribution is 5.25. The maximum absolute atomic E-state index is 13.0. The Morgan fingerprint density at radius 3 is 2.55 bits per heavy atom. The standard InChI is InChI=1S/C15H17F2NO2/c1-10(2)18-8-15-11(3-4-19-15)9-20-14-6-12(16)5-13(17)7-14/h3-7,10,18H,8-9H2,1-2H3. The summed E-state index contributed by atoms with van der Waals surface area (Å²) in [6.45, 7) is 4.86. The molecule has 0 amide bonds. The maximum atomic E-state index is 13.0. The smallest absolute Gasteiger partial charge is 0.129 e. The number of ether oxygens (including phenoxy) is 1. The molecule has 108 valence electrons. The third kappa shape index (κ3) is 4.06. The van der Waals surface area contributed by atoms with Crippen LogP contribution >= 0.6 is 0 Å². The van der Waals surface area contributed by atoms with Gasteiger partial charge in [-0.05, 0) is 6.07 Å². The molecule has 1 aromatic carbocycles. The second kappa shape index (κ2) is 6.52. The fraction of sp³-hybridized carbons (Fsp3) is 0.333. The quantitative estimate of drug-likeness (QED) is 0.878. The van der Waals surface area contributed by atoms with E-state index in [1.54, 1.807) is 12.3 Å². The van der Waals surface area contributed by atoms with Crippen molar-refractivity contribution in [2.75, 3.05) is 0 Å². The molecule has 0 aliphatic carbocycles. The number of hydrogen-bond donors (Lipinski definition) is 1. The molecule has 1 heterocycles. The Labute approximate surface area is 116 Å². The largest absolute Gasteiger partial charge is 0.489 e. The summed E-state index contributed by atoms with van der Waals surface area (Å²) in [7, 11) is 0. The monoisotopic (exact) mass is 281 g/mol. The summed E-state index contributed by atoms with van der Waals surface area (Å²) >= 11 is 0. The van der Waals surface area contributed by atoms with Gasteiger partial charge in [0.15, 0.2) is 0 Å². The molecule has 0 saturated heterocycles. The van der Waals surface area contributed by atoms with Crippen LogP contribution in [0, 0.1) is 11.6 Å². The van der Waals surface area contributed by atoms with E-state index in [9.17, 15) is 8.78 Å². The minimum Gasteiger partial charge on any atom is -0.489 e. The van der Waals surface area contributed by atoms with Crippen LogP contribution in [0.15, 0.2) is 34.9 Å². The number of halogens is 2. The second-order valence-electron chi connectivity index (χ2n) is 4.80. The van der Waals surface area contributed by atoms with Crippen LogP contribution in [0.2, 0.25) is 0 Å². The lowest BCUT2D eigenvalue weighted by atomic mass is 10.2. The zero-order valence-electron chi connectivity index (χ0n) is 11.5. The van der Waals surface area contributed by atoms with Gasteiger partial charge in [0.25, 0.3) is 0 Å². The summed E-state index contributed by atoms with van der Waals surface area (Å²) in [6.07, 6.45) is 1.57. The molecule has 0 saturated carbocycles. The van der Waals surface area contributed by atoms with Crippen LogP contribution < -0.4 is 10.1 Å². The van der Waals surface area contributed by atoms with E-state index in [4.69, 9.17) is 9.15 Å². The highest BCUT2D eigenvalue weighted by atomic mass is 19.1. The molecule has 0 fully saturated rings. The van der Waals surface area contributed by atoms with Gasteiger partial charge >= 0.3 is 0 Å². The number of rotatable bonds is 6. The van der Waals surface area contributed by atoms with Gasteiger partial charge < -0.3 is 14.5 Å². The van der Waals surface area contributed by atoms with Crippen molar-refractivity contribution in [2.24, 2.45) is 0 Å². The van der Waals surface area contributed by atoms with Crippen molar-refractivity contribution in [3.8, 4) is 5.75 Å². The summed E-state index contributed by atoms with van der Waals surface area (Å²) in [5.41, 5.74) is 0.850. The molecule has 1 aromatic heterocycles. The first kappa shape index (κ1) is 14.5. The third-order valence-electron chi connectivity index (χ3n) is 2.74. The van der Waals surface area contributed by atoms with Gasteiger partial charge in [-0.1, -0.05) is 13.8 Å². The summed E-state index contributed by atoms with van der Waals surface area (Å²) in [5, 5.41) is 3.24. The van der Waals surface area contributed by atoms with E-state index in [1.807, 2.05) is 13.8 Å². The SMILES string of the molecule is CC(C)NCc1occc1COc1cc(F)cc(F)c1. The van der Waals surface area contributed by atoms with Crippen molar-refractivity contribution < 1.29 is 17.9 Å². The highest BCUT2D eigenvalue weighted by Gasteiger charge is 2.08. The van der Waals surface area contributed by atoms with Crippen LogP contribution in [0.3, 0.4) is 0 Å². The fourth-order valence-corrected chi connectivity index (χ4v) is 1.72. The molecule has 0 spiro atoms. The minimum absolute atomic E-state index is 0.159. The van der Waals surface area contributed by atoms with Crippen LogP contribution in [0.5, 0.6) is 5.75 Å². The predicted molar refractivity (Wildman–Crippen MR) is 71.4 cm³/mol. The molecular weight excluding hydrogens is 264 g/mol. The van der Waals surface area contributed by atoms with Gasteiger partial charge in [-0.3, -0.25) is 0 Å². The van der Waals surface area contributed by atoms with Crippen LogP contribution in [0.25, 0.3) is 0 Å². The highest BCUT2D eigenvalue weighted by Crippen LogP contribution is 2.18. The Balaban J connectivity index is 1.98. The van der Waals surface area contributed by atoms with Crippen molar-refractivity contribution in [1.29, 1.82) is 0 Å². The summed E-state index contributed by atoms with van der Waals surface area (Å²) in [6, 6.07) is 5.23. The Kier molecular flexibility index (Phi) is 4.74. The summed E-state index contributed by atoms with van der Waals surface area (Å²) < 4.78 is 36.8. The van der Waals surface area contributed by atoms with Gasteiger partial charge in [-0.2, -0.15) is 0 Å². The molecule has 1 N–H and O–H groups in total. The normalized spacial score (nSPS) is 11.1. The molecule has 0 bridgehead atoms. The van der Waals surface area contributed by atoms with Gasteiger partial charge in [-0.15, -0.1) is 0 Å². The Bertz CT molecular complexity index is 547. The summed E-state index contributed by atoms with van der Waals surface area (Å²) in [4.78, 5) is 0. The molecular formula is C15H17F2NO2. The first-order valence-electron chi connectivity index (χ1n) is 6.42. The molecule has 0 aliphatic heterocycles. The molecule has 3 nitrogen and oxygen atoms in total. The number of benzene rings is 1. The van der Waals surface area contributed by atoms with E-state index < -0.39 is 11.6 Å². The van der Waals surface area contributed by atoms with Gasteiger partial charge in [0.05, 0.1) is 12.8 Å². The van der Waals surface area contributed by atoms with E-state index in [0.29, 0.717) is 12.6 Å². The van der Waals surface area contributed by atoms with Gasteiger partial charge in [0.1, 0.15) is 29.8 Å². The van der Waals surface area contributed by atoms with Crippen molar-refractivity contribution in [3.05, 3.63) is 53.5 Å². The molecule has 0 radical (unpaired) electrons. The van der Waals surface area contributed by atoms with Crippen LogP contribution in [0.1, 0.15) is 25.2 Å². The van der Waals surface area contributed by atoms with E-state index in [0.717, 1.165) is 29.5 Å². The molecule has 2 aromatic rings. The first-order chi connectivity index (χ1) is 9.54. The first-order valence-corrected chi connectivity index (χ1v) is 6.42. The van der Waals surface area contributed by atoms with Crippen LogP contribution in [-0.4, -0.2) is 6.04 Å². The average Bonchev–Trinajstić information content (AvgIpc) is 2.80. The maximum Gasteiger partial charge on any atom is 0.129 e. The molecule has 5 heteroatoms. The van der Waals surface area contributed by atoms with E-state index in [-0.39, 0.29) is 12.4 Å². The molecule has 0 aliphatic rings. The van der Waals surface area contributed by atoms with Gasteiger partial charge in [0.2, 0.25) is 0 Å². The molecule has 2 rings (SSSR count). The fourth-order valence-electron chi connectivity index (χ4n) is 1.72. The number of hydrogen-bond acceptors (Lipinski definition) is 3. The molecule has 20 heavy (non-hydrogen) atoms. The van der Waals surface area contributed by atoms with E-state index >= 15 is 0 Å². The zero-order valence-corrected chi connectivity index (χ0v) is 11.5. The topological polar surface area (TPSA) is 34.4 Å². The predicted octanol–water partition coefficient (Wildman–Crippen LogP) is 3.63. The second-order valence-corrected chi connectivity index (χ2v) is 4.80. The van der Waals surface area contributed by atoms with Crippen molar-refractivity contribution in [1.82, 2.24) is 5.32 Å². The third-order valence-corrected chi connectivity index (χ3v) is 2.74. The number of nitrogens with one attached hydrogen (secondary N) is 1. The van der Waals surface area contributed by atoms with E-state index in [2.05, 4.69) is 5.32 Å². The van der Waals surface area contributed by atoms with E-state index in [1.165, 1.54) is 0 Å². The van der Waals surface area contributed by atoms with Crippen LogP contribution in [-0.2, 0) is 13.2 Å². The number of furan rings is 1. The Morgan fingerprint density at radius 1 is 1.20 bits per heavy atom. The molecule has 0 unspecified atom stereocenters. The average molecular weight is 281 g/mol. The lowest BCUT2D eigenvalue weighted by Crippen LogP contribution is -2.22. The van der Waals surface area contributed by atoms with Gasteiger partial charge in [0, 0.05) is 29.8 Å². The van der Waals surface area contributed by atoms with Crippen molar-refractivity contribution >= 4 is 0 Å². The van der Waals surface area contributed by atoms with Gasteiger partial charge in [-0.25, -0.2) is 8.78 Å². The Hall–Kier alpha value is -1.88. The minimum atomic E-state index is -0.658. The zero-order chi connectivity index (χ0) is 14.5. The lowest BCUT2D eigenvalue weighted by Gasteiger charge is -2.09. The Morgan fingerprint density at radius 2 is 1.90 bits per heavy atom. The van der Waals surface area contributed by atoms with Crippen LogP contribution in [0.4, 0.5) is 8.78 Å². The summed E-state index contributed by atoms with van der Waals surface area (Å²) in [5.74, 6) is -0.398.